The van der Waals surface area contributed by atoms with E-state index in [0.29, 0.717) is 12.0 Å². The van der Waals surface area contributed by atoms with E-state index in [0.717, 1.165) is 10.8 Å². The molecule has 1 aromatic heterocycles. The summed E-state index contributed by atoms with van der Waals surface area (Å²) in [4.78, 5) is 0. The van der Waals surface area contributed by atoms with E-state index >= 15 is 0 Å². The Morgan fingerprint density at radius 3 is 2.17 bits per heavy atom. The summed E-state index contributed by atoms with van der Waals surface area (Å²) in [6.45, 7) is 8.55. The lowest BCUT2D eigenvalue weighted by molar-refractivity contribution is -0.722. The van der Waals surface area contributed by atoms with Gasteiger partial charge in [-0.15, -0.1) is 0 Å². The lowest BCUT2D eigenvalue weighted by Crippen LogP contribution is -2.40. The van der Waals surface area contributed by atoms with Crippen molar-refractivity contribution in [3.05, 3.63) is 30.1 Å². The largest absolute Gasteiger partial charge is 0.504 e. The summed E-state index contributed by atoms with van der Waals surface area (Å²) in [5, 5.41) is 21.2. The summed E-state index contributed by atoms with van der Waals surface area (Å²) >= 11 is 0. The minimum absolute atomic E-state index is 0.0640. The van der Waals surface area contributed by atoms with E-state index in [1.807, 2.05) is 12.3 Å². The SMILES string of the molecule is CC(C)c1c2cc(O)c(O)cc2cc[n+]1C(C)C. The maximum absolute atomic E-state index is 9.69. The van der Waals surface area contributed by atoms with Crippen LogP contribution >= 0.6 is 0 Å². The zero-order chi connectivity index (χ0) is 13.4. The van der Waals surface area contributed by atoms with Crippen molar-refractivity contribution in [3.63, 3.8) is 0 Å². The molecule has 0 bridgehead atoms. The molecule has 0 aliphatic heterocycles. The highest BCUT2D eigenvalue weighted by Crippen LogP contribution is 2.33. The number of hydrogen-bond donors (Lipinski definition) is 2. The smallest absolute Gasteiger partial charge is 0.192 e. The average Bonchev–Trinajstić information content (AvgIpc) is 2.28. The predicted molar refractivity (Wildman–Crippen MR) is 71.9 cm³/mol. The summed E-state index contributed by atoms with van der Waals surface area (Å²) < 4.78 is 2.21. The van der Waals surface area contributed by atoms with Crippen LogP contribution in [0.3, 0.4) is 0 Å². The predicted octanol–water partition coefficient (Wildman–Crippen LogP) is 3.24. The Labute approximate surface area is 107 Å². The lowest BCUT2D eigenvalue weighted by Gasteiger charge is -2.13. The molecule has 3 nitrogen and oxygen atoms in total. The van der Waals surface area contributed by atoms with Crippen LogP contribution in [0.1, 0.15) is 45.3 Å². The fourth-order valence-corrected chi connectivity index (χ4v) is 2.39. The Balaban J connectivity index is 2.85. The topological polar surface area (TPSA) is 44.3 Å². The van der Waals surface area contributed by atoms with Gasteiger partial charge in [0.05, 0.1) is 5.39 Å². The number of phenolic OH excluding ortho intramolecular Hbond substituents is 2. The molecule has 0 aliphatic rings. The number of rotatable bonds is 2. The van der Waals surface area contributed by atoms with E-state index in [4.69, 9.17) is 0 Å². The van der Waals surface area contributed by atoms with Crippen LogP contribution in [0.15, 0.2) is 24.4 Å². The summed E-state index contributed by atoms with van der Waals surface area (Å²) in [6, 6.07) is 5.60. The summed E-state index contributed by atoms with van der Waals surface area (Å²) in [5.41, 5.74) is 1.18. The first-order chi connectivity index (χ1) is 8.41. The fraction of sp³-hybridized carbons (Fsp3) is 0.400. The van der Waals surface area contributed by atoms with Crippen LogP contribution < -0.4 is 4.57 Å². The van der Waals surface area contributed by atoms with Gasteiger partial charge < -0.3 is 10.2 Å². The minimum Gasteiger partial charge on any atom is -0.504 e. The van der Waals surface area contributed by atoms with Gasteiger partial charge in [0.1, 0.15) is 0 Å². The highest BCUT2D eigenvalue weighted by molar-refractivity contribution is 5.87. The van der Waals surface area contributed by atoms with Gasteiger partial charge in [-0.25, -0.2) is 0 Å². The van der Waals surface area contributed by atoms with Crippen LogP contribution in [-0.4, -0.2) is 10.2 Å². The molecular formula is C15H20NO2+. The molecule has 96 valence electrons. The second-order valence-electron chi connectivity index (χ2n) is 5.28. The monoisotopic (exact) mass is 246 g/mol. The molecule has 3 heteroatoms. The summed E-state index contributed by atoms with van der Waals surface area (Å²) in [7, 11) is 0. The van der Waals surface area contributed by atoms with Gasteiger partial charge in [0, 0.05) is 12.0 Å². The number of aromatic nitrogens is 1. The molecule has 2 rings (SSSR count). The first-order valence-electron chi connectivity index (χ1n) is 6.31. The van der Waals surface area contributed by atoms with Gasteiger partial charge in [0.15, 0.2) is 29.4 Å². The van der Waals surface area contributed by atoms with Crippen LogP contribution in [-0.2, 0) is 0 Å². The number of hydrogen-bond acceptors (Lipinski definition) is 2. The summed E-state index contributed by atoms with van der Waals surface area (Å²) in [6.07, 6.45) is 2.04. The van der Waals surface area contributed by atoms with Crippen molar-refractivity contribution in [2.75, 3.05) is 0 Å². The van der Waals surface area contributed by atoms with Crippen LogP contribution in [0.25, 0.3) is 10.8 Å². The molecular weight excluding hydrogens is 226 g/mol. The molecule has 1 heterocycles. The van der Waals surface area contributed by atoms with Crippen molar-refractivity contribution < 1.29 is 14.8 Å². The molecule has 0 unspecified atom stereocenters. The molecule has 0 amide bonds. The highest BCUT2D eigenvalue weighted by atomic mass is 16.3. The molecule has 2 aromatic rings. The van der Waals surface area contributed by atoms with Crippen molar-refractivity contribution in [2.45, 2.75) is 39.7 Å². The fourth-order valence-electron chi connectivity index (χ4n) is 2.39. The van der Waals surface area contributed by atoms with E-state index in [2.05, 4.69) is 32.3 Å². The summed E-state index contributed by atoms with van der Waals surface area (Å²) in [5.74, 6) is 0.213. The Morgan fingerprint density at radius 2 is 1.61 bits per heavy atom. The molecule has 0 saturated carbocycles. The number of pyridine rings is 1. The number of aromatic hydroxyl groups is 2. The number of phenols is 2. The van der Waals surface area contributed by atoms with Crippen LogP contribution in [0, 0.1) is 0 Å². The Hall–Kier alpha value is -1.77. The second-order valence-corrected chi connectivity index (χ2v) is 5.28. The Morgan fingerprint density at radius 1 is 1.00 bits per heavy atom. The normalized spacial score (nSPS) is 11.7. The molecule has 0 aliphatic carbocycles. The van der Waals surface area contributed by atoms with E-state index in [1.165, 1.54) is 5.69 Å². The van der Waals surface area contributed by atoms with Gasteiger partial charge in [0.25, 0.3) is 0 Å². The third-order valence-corrected chi connectivity index (χ3v) is 3.22. The minimum atomic E-state index is -0.0699. The maximum Gasteiger partial charge on any atom is 0.192 e. The van der Waals surface area contributed by atoms with Crippen molar-refractivity contribution >= 4 is 10.8 Å². The van der Waals surface area contributed by atoms with Gasteiger partial charge in [-0.2, -0.15) is 4.57 Å². The quantitative estimate of drug-likeness (QED) is 0.631. The van der Waals surface area contributed by atoms with Crippen LogP contribution in [0.4, 0.5) is 0 Å². The molecule has 18 heavy (non-hydrogen) atoms. The first-order valence-corrected chi connectivity index (χ1v) is 6.31. The van der Waals surface area contributed by atoms with Crippen LogP contribution in [0.5, 0.6) is 11.5 Å². The van der Waals surface area contributed by atoms with Gasteiger partial charge in [-0.1, -0.05) is 13.8 Å². The third-order valence-electron chi connectivity index (χ3n) is 3.22. The lowest BCUT2D eigenvalue weighted by atomic mass is 10.00. The maximum atomic E-state index is 9.69. The molecule has 0 fully saturated rings. The molecule has 2 N–H and O–H groups in total. The molecule has 1 aromatic carbocycles. The zero-order valence-electron chi connectivity index (χ0n) is 11.3. The van der Waals surface area contributed by atoms with E-state index in [-0.39, 0.29) is 11.5 Å². The number of fused-ring (bicyclic) bond motifs is 1. The van der Waals surface area contributed by atoms with E-state index in [9.17, 15) is 10.2 Å². The van der Waals surface area contributed by atoms with Crippen LogP contribution in [0.2, 0.25) is 0 Å². The van der Waals surface area contributed by atoms with E-state index in [1.54, 1.807) is 12.1 Å². The number of benzene rings is 1. The number of nitrogens with zero attached hydrogens (tertiary/aromatic N) is 1. The van der Waals surface area contributed by atoms with Crippen molar-refractivity contribution in [3.8, 4) is 11.5 Å². The average molecular weight is 246 g/mol. The van der Waals surface area contributed by atoms with Crippen molar-refractivity contribution in [2.24, 2.45) is 0 Å². The van der Waals surface area contributed by atoms with Gasteiger partial charge in [0.2, 0.25) is 0 Å². The van der Waals surface area contributed by atoms with Gasteiger partial charge in [-0.05, 0) is 31.4 Å². The Kier molecular flexibility index (Phi) is 3.16. The van der Waals surface area contributed by atoms with E-state index < -0.39 is 0 Å². The first kappa shape index (κ1) is 12.7. The molecule has 0 spiro atoms. The zero-order valence-corrected chi connectivity index (χ0v) is 11.3. The van der Waals surface area contributed by atoms with Gasteiger partial charge in [-0.3, -0.25) is 0 Å². The van der Waals surface area contributed by atoms with Crippen molar-refractivity contribution in [1.29, 1.82) is 0 Å². The second kappa shape index (κ2) is 4.48. The van der Waals surface area contributed by atoms with Gasteiger partial charge >= 0.3 is 0 Å². The molecule has 0 radical (unpaired) electrons. The Bertz CT molecular complexity index is 589. The molecule has 0 saturated heterocycles. The highest BCUT2D eigenvalue weighted by Gasteiger charge is 2.21. The molecule has 0 atom stereocenters. The standard InChI is InChI=1S/C15H19NO2/c1-9(2)15-12-8-14(18)13(17)7-11(12)5-6-16(15)10(3)4/h5-10,18H,1-4H3/p+1. The van der Waals surface area contributed by atoms with Crippen molar-refractivity contribution in [1.82, 2.24) is 0 Å². The third kappa shape index (κ3) is 2.01.